The minimum Gasteiger partial charge on any atom is -0.206 e. The van der Waals surface area contributed by atoms with Crippen LogP contribution in [0.3, 0.4) is 0 Å². The van der Waals surface area contributed by atoms with E-state index in [0.717, 1.165) is 29.5 Å². The molecule has 3 rings (SSSR count). The zero-order valence-corrected chi connectivity index (χ0v) is 17.2. The third kappa shape index (κ3) is 5.83. The number of alkyl halides is 3. The lowest BCUT2D eigenvalue weighted by Gasteiger charge is -2.29. The smallest absolute Gasteiger partial charge is 0.206 e. The van der Waals surface area contributed by atoms with Crippen LogP contribution in [0.5, 0.6) is 0 Å². The van der Waals surface area contributed by atoms with Crippen LogP contribution in [0.1, 0.15) is 75.8 Å². The van der Waals surface area contributed by atoms with Gasteiger partial charge >= 0.3 is 6.18 Å². The van der Waals surface area contributed by atoms with E-state index in [4.69, 9.17) is 0 Å². The second-order valence-electron chi connectivity index (χ2n) is 8.86. The molecule has 29 heavy (non-hydrogen) atoms. The Balaban J connectivity index is 1.59. The Morgan fingerprint density at radius 2 is 1.52 bits per heavy atom. The average molecular weight is 407 g/mol. The fraction of sp³-hybridized carbons (Fsp3) is 0.520. The van der Waals surface area contributed by atoms with Crippen molar-refractivity contribution in [2.24, 2.45) is 11.8 Å². The van der Waals surface area contributed by atoms with Gasteiger partial charge in [-0.05, 0) is 72.3 Å². The van der Waals surface area contributed by atoms with Crippen molar-refractivity contribution in [3.05, 3.63) is 59.4 Å². The molecule has 1 fully saturated rings. The first kappa shape index (κ1) is 21.9. The van der Waals surface area contributed by atoms with Crippen molar-refractivity contribution in [1.82, 2.24) is 0 Å². The van der Waals surface area contributed by atoms with E-state index in [9.17, 15) is 17.6 Å². The van der Waals surface area contributed by atoms with Crippen molar-refractivity contribution in [1.29, 1.82) is 0 Å². The predicted molar refractivity (Wildman–Crippen MR) is 110 cm³/mol. The van der Waals surface area contributed by atoms with Gasteiger partial charge in [-0.25, -0.2) is 4.39 Å². The summed E-state index contributed by atoms with van der Waals surface area (Å²) >= 11 is 0. The molecule has 2 aromatic carbocycles. The summed E-state index contributed by atoms with van der Waals surface area (Å²) in [7, 11) is 0. The zero-order chi connectivity index (χ0) is 21.0. The Morgan fingerprint density at radius 3 is 2.07 bits per heavy atom. The van der Waals surface area contributed by atoms with Crippen LogP contribution in [0.15, 0.2) is 42.5 Å². The molecule has 0 radical (unpaired) electrons. The molecule has 0 unspecified atom stereocenters. The van der Waals surface area contributed by atoms with Gasteiger partial charge in [-0.15, -0.1) is 0 Å². The van der Waals surface area contributed by atoms with E-state index in [2.05, 4.69) is 26.0 Å². The van der Waals surface area contributed by atoms with Crippen LogP contribution < -0.4 is 0 Å². The largest absolute Gasteiger partial charge is 0.419 e. The van der Waals surface area contributed by atoms with Crippen LogP contribution in [0, 0.1) is 17.7 Å². The van der Waals surface area contributed by atoms with Gasteiger partial charge in [-0.2, -0.15) is 13.2 Å². The third-order valence-electron chi connectivity index (χ3n) is 6.23. The molecule has 1 saturated carbocycles. The summed E-state index contributed by atoms with van der Waals surface area (Å²) in [6, 6.07) is 11.0. The molecule has 0 spiro atoms. The first-order valence-corrected chi connectivity index (χ1v) is 10.7. The van der Waals surface area contributed by atoms with Crippen molar-refractivity contribution in [3.8, 4) is 11.1 Å². The summed E-state index contributed by atoms with van der Waals surface area (Å²) in [5, 5.41) is 0. The maximum Gasteiger partial charge on any atom is 0.419 e. The molecule has 0 bridgehead atoms. The summed E-state index contributed by atoms with van der Waals surface area (Å²) in [5.74, 6) is 0.951. The lowest BCUT2D eigenvalue weighted by Crippen LogP contribution is -2.13. The highest BCUT2D eigenvalue weighted by atomic mass is 19.4. The van der Waals surface area contributed by atoms with Crippen LogP contribution in [-0.4, -0.2) is 0 Å². The molecule has 4 heteroatoms. The predicted octanol–water partition coefficient (Wildman–Crippen LogP) is 8.61. The summed E-state index contributed by atoms with van der Waals surface area (Å²) in [6.07, 6.45) is 4.24. The summed E-state index contributed by atoms with van der Waals surface area (Å²) in [5.41, 5.74) is 1.27. The minimum absolute atomic E-state index is 0.468. The molecule has 2 aromatic rings. The molecule has 0 heterocycles. The van der Waals surface area contributed by atoms with Gasteiger partial charge < -0.3 is 0 Å². The topological polar surface area (TPSA) is 0 Å². The molecule has 0 amide bonds. The standard InChI is InChI=1S/C25H30F4/c1-17(2)4-3-5-18-6-8-19(9-7-18)20-10-12-21(13-11-20)22-14-15-23(24(26)16-22)25(27,28)29/h10-19H,3-9H2,1-2H3. The third-order valence-corrected chi connectivity index (χ3v) is 6.23. The Kier molecular flexibility index (Phi) is 7.02. The average Bonchev–Trinajstić information content (AvgIpc) is 2.67. The number of benzene rings is 2. The molecule has 1 aliphatic rings. The van der Waals surface area contributed by atoms with E-state index in [1.807, 2.05) is 12.1 Å². The van der Waals surface area contributed by atoms with Crippen molar-refractivity contribution in [2.45, 2.75) is 70.9 Å². The van der Waals surface area contributed by atoms with Crippen molar-refractivity contribution in [3.63, 3.8) is 0 Å². The van der Waals surface area contributed by atoms with Gasteiger partial charge in [0.2, 0.25) is 0 Å². The molecular weight excluding hydrogens is 376 g/mol. The summed E-state index contributed by atoms with van der Waals surface area (Å²) < 4.78 is 52.1. The second kappa shape index (κ2) is 9.32. The molecule has 158 valence electrons. The Morgan fingerprint density at radius 1 is 0.897 bits per heavy atom. The van der Waals surface area contributed by atoms with Gasteiger partial charge in [0, 0.05) is 0 Å². The van der Waals surface area contributed by atoms with Crippen LogP contribution in [0.4, 0.5) is 17.6 Å². The quantitative estimate of drug-likeness (QED) is 0.421. The molecule has 0 N–H and O–H groups in total. The summed E-state index contributed by atoms with van der Waals surface area (Å²) in [4.78, 5) is 0. The van der Waals surface area contributed by atoms with Gasteiger partial charge in [0.25, 0.3) is 0 Å². The molecule has 0 saturated heterocycles. The van der Waals surface area contributed by atoms with Crippen LogP contribution in [0.2, 0.25) is 0 Å². The fourth-order valence-electron chi connectivity index (χ4n) is 4.47. The maximum atomic E-state index is 13.9. The van der Waals surface area contributed by atoms with E-state index < -0.39 is 17.6 Å². The maximum absolute atomic E-state index is 13.9. The first-order chi connectivity index (χ1) is 13.7. The van der Waals surface area contributed by atoms with Crippen molar-refractivity contribution in [2.75, 3.05) is 0 Å². The Labute approximate surface area is 171 Å². The minimum atomic E-state index is -4.67. The molecular formula is C25H30F4. The lowest BCUT2D eigenvalue weighted by molar-refractivity contribution is -0.139. The van der Waals surface area contributed by atoms with Gasteiger partial charge in [-0.3, -0.25) is 0 Å². The molecule has 0 aliphatic heterocycles. The van der Waals surface area contributed by atoms with Gasteiger partial charge in [0.05, 0.1) is 5.56 Å². The highest BCUT2D eigenvalue weighted by Gasteiger charge is 2.34. The summed E-state index contributed by atoms with van der Waals surface area (Å²) in [6.45, 7) is 4.55. The molecule has 1 aliphatic carbocycles. The fourth-order valence-corrected chi connectivity index (χ4v) is 4.47. The van der Waals surface area contributed by atoms with Gasteiger partial charge in [-0.1, -0.05) is 63.4 Å². The van der Waals surface area contributed by atoms with E-state index in [-0.39, 0.29) is 0 Å². The number of halogens is 4. The highest BCUT2D eigenvalue weighted by Crippen LogP contribution is 2.39. The van der Waals surface area contributed by atoms with Crippen molar-refractivity contribution >= 4 is 0 Å². The number of rotatable bonds is 6. The van der Waals surface area contributed by atoms with E-state index >= 15 is 0 Å². The van der Waals surface area contributed by atoms with Crippen LogP contribution >= 0.6 is 0 Å². The SMILES string of the molecule is CC(C)CCCC1CCC(c2ccc(-c3ccc(C(F)(F)F)c(F)c3)cc2)CC1. The Bertz CT molecular complexity index is 781. The first-order valence-electron chi connectivity index (χ1n) is 10.7. The van der Waals surface area contributed by atoms with Crippen LogP contribution in [-0.2, 0) is 6.18 Å². The van der Waals surface area contributed by atoms with Crippen LogP contribution in [0.25, 0.3) is 11.1 Å². The molecule has 0 atom stereocenters. The number of hydrogen-bond donors (Lipinski definition) is 0. The lowest BCUT2D eigenvalue weighted by atomic mass is 9.76. The monoisotopic (exact) mass is 406 g/mol. The van der Waals surface area contributed by atoms with E-state index in [1.165, 1.54) is 56.6 Å². The van der Waals surface area contributed by atoms with Gasteiger partial charge in [0.1, 0.15) is 5.82 Å². The number of hydrogen-bond acceptors (Lipinski definition) is 0. The highest BCUT2D eigenvalue weighted by molar-refractivity contribution is 5.64. The normalized spacial score (nSPS) is 20.2. The van der Waals surface area contributed by atoms with Gasteiger partial charge in [0.15, 0.2) is 0 Å². The molecule has 0 nitrogen and oxygen atoms in total. The van der Waals surface area contributed by atoms with E-state index in [1.54, 1.807) is 0 Å². The second-order valence-corrected chi connectivity index (χ2v) is 8.86. The zero-order valence-electron chi connectivity index (χ0n) is 17.2. The van der Waals surface area contributed by atoms with Crippen molar-refractivity contribution < 1.29 is 17.6 Å². The van der Waals surface area contributed by atoms with E-state index in [0.29, 0.717) is 11.5 Å². The molecule has 0 aromatic heterocycles. The Hall–Kier alpha value is -1.84.